The van der Waals surface area contributed by atoms with Gasteiger partial charge in [-0.3, -0.25) is 9.36 Å². The van der Waals surface area contributed by atoms with Gasteiger partial charge < -0.3 is 10.1 Å². The molecule has 0 aromatic carbocycles. The molecule has 0 saturated carbocycles. The Kier molecular flexibility index (Phi) is 5.46. The van der Waals surface area contributed by atoms with Crippen LogP contribution < -0.4 is 5.32 Å². The summed E-state index contributed by atoms with van der Waals surface area (Å²) in [5.74, 6) is 0. The summed E-state index contributed by atoms with van der Waals surface area (Å²) in [4.78, 5) is 0. The van der Waals surface area contributed by atoms with Crippen molar-refractivity contribution in [1.29, 1.82) is 0 Å². The lowest BCUT2D eigenvalue weighted by atomic mass is 9.97. The summed E-state index contributed by atoms with van der Waals surface area (Å²) in [6.45, 7) is 7.01. The predicted molar refractivity (Wildman–Crippen MR) is 89.1 cm³/mol. The van der Waals surface area contributed by atoms with E-state index in [0.717, 1.165) is 39.0 Å². The quantitative estimate of drug-likeness (QED) is 0.852. The summed E-state index contributed by atoms with van der Waals surface area (Å²) < 4.78 is 10.0. The highest BCUT2D eigenvalue weighted by atomic mass is 16.5. The lowest BCUT2D eigenvalue weighted by Crippen LogP contribution is -2.44. The van der Waals surface area contributed by atoms with E-state index in [1.165, 1.54) is 5.56 Å². The molecule has 2 aromatic rings. The van der Waals surface area contributed by atoms with E-state index in [4.69, 9.17) is 4.74 Å². The highest BCUT2D eigenvalue weighted by molar-refractivity contribution is 5.12. The van der Waals surface area contributed by atoms with E-state index in [-0.39, 0.29) is 6.10 Å². The first-order valence-electron chi connectivity index (χ1n) is 8.63. The average Bonchev–Trinajstić information content (AvgIpc) is 3.25. The number of hydrogen-bond donors (Lipinski definition) is 1. The Morgan fingerprint density at radius 3 is 3.04 bits per heavy atom. The van der Waals surface area contributed by atoms with Gasteiger partial charge in [0.2, 0.25) is 0 Å². The molecule has 2 aromatic heterocycles. The first-order valence-corrected chi connectivity index (χ1v) is 8.63. The van der Waals surface area contributed by atoms with Crippen LogP contribution in [0.2, 0.25) is 0 Å². The Balaban J connectivity index is 1.57. The Morgan fingerprint density at radius 2 is 2.30 bits per heavy atom. The van der Waals surface area contributed by atoms with Gasteiger partial charge in [-0.05, 0) is 39.2 Å². The van der Waals surface area contributed by atoms with E-state index in [1.807, 2.05) is 34.0 Å². The third-order valence-corrected chi connectivity index (χ3v) is 4.48. The zero-order valence-corrected chi connectivity index (χ0v) is 14.1. The first-order chi connectivity index (χ1) is 11.3. The van der Waals surface area contributed by atoms with Crippen molar-refractivity contribution in [1.82, 2.24) is 24.9 Å². The van der Waals surface area contributed by atoms with Gasteiger partial charge in [0.1, 0.15) is 6.10 Å². The van der Waals surface area contributed by atoms with Crippen molar-refractivity contribution >= 4 is 0 Å². The van der Waals surface area contributed by atoms with Crippen molar-refractivity contribution < 1.29 is 4.74 Å². The Hall–Kier alpha value is -1.66. The highest BCUT2D eigenvalue weighted by Gasteiger charge is 2.29. The molecule has 1 N–H and O–H groups in total. The van der Waals surface area contributed by atoms with E-state index in [9.17, 15) is 0 Å². The fourth-order valence-electron chi connectivity index (χ4n) is 3.19. The number of aromatic nitrogens is 4. The summed E-state index contributed by atoms with van der Waals surface area (Å²) in [5.41, 5.74) is 1.18. The second-order valence-electron chi connectivity index (χ2n) is 6.29. The fraction of sp³-hybridized carbons (Fsp3) is 0.647. The van der Waals surface area contributed by atoms with Crippen LogP contribution in [0.25, 0.3) is 0 Å². The van der Waals surface area contributed by atoms with Crippen molar-refractivity contribution in [2.45, 2.75) is 64.4 Å². The molecule has 0 aliphatic carbocycles. The van der Waals surface area contributed by atoms with Crippen molar-refractivity contribution in [2.24, 2.45) is 0 Å². The molecule has 0 amide bonds. The third kappa shape index (κ3) is 4.20. The molecule has 0 bridgehead atoms. The molecule has 3 heterocycles. The smallest absolute Gasteiger partial charge is 0.101 e. The molecule has 1 aliphatic heterocycles. The summed E-state index contributed by atoms with van der Waals surface area (Å²) in [7, 11) is 0. The van der Waals surface area contributed by atoms with E-state index in [0.29, 0.717) is 12.1 Å². The molecule has 126 valence electrons. The van der Waals surface area contributed by atoms with Gasteiger partial charge in [0.05, 0.1) is 6.20 Å². The van der Waals surface area contributed by atoms with Crippen LogP contribution in [-0.2, 0) is 17.8 Å². The zero-order chi connectivity index (χ0) is 16.1. The highest BCUT2D eigenvalue weighted by Crippen LogP contribution is 2.28. The van der Waals surface area contributed by atoms with Crippen molar-refractivity contribution in [2.75, 3.05) is 6.61 Å². The zero-order valence-electron chi connectivity index (χ0n) is 14.1. The monoisotopic (exact) mass is 317 g/mol. The van der Waals surface area contributed by atoms with Crippen LogP contribution in [0.4, 0.5) is 0 Å². The largest absolute Gasteiger partial charge is 0.372 e. The average molecular weight is 317 g/mol. The molecular formula is C17H27N5O. The van der Waals surface area contributed by atoms with E-state index in [1.54, 1.807) is 0 Å². The third-order valence-electron chi connectivity index (χ3n) is 4.48. The number of rotatable bonds is 7. The number of hydrogen-bond acceptors (Lipinski definition) is 4. The maximum absolute atomic E-state index is 6.05. The van der Waals surface area contributed by atoms with Crippen LogP contribution in [0.3, 0.4) is 0 Å². The summed E-state index contributed by atoms with van der Waals surface area (Å²) >= 11 is 0. The fourth-order valence-corrected chi connectivity index (χ4v) is 3.19. The molecule has 6 nitrogen and oxygen atoms in total. The van der Waals surface area contributed by atoms with E-state index < -0.39 is 0 Å². The summed E-state index contributed by atoms with van der Waals surface area (Å²) in [5, 5.41) is 12.4. The molecule has 3 rings (SSSR count). The maximum atomic E-state index is 6.05. The minimum atomic E-state index is 0.108. The second-order valence-corrected chi connectivity index (χ2v) is 6.29. The predicted octanol–water partition coefficient (Wildman–Crippen LogP) is 2.39. The van der Waals surface area contributed by atoms with Gasteiger partial charge in [-0.15, -0.1) is 0 Å². The normalized spacial score (nSPS) is 23.0. The minimum absolute atomic E-state index is 0.108. The number of nitrogens with one attached hydrogen (secondary N) is 1. The van der Waals surface area contributed by atoms with Gasteiger partial charge in [0.15, 0.2) is 0 Å². The topological polar surface area (TPSA) is 56.9 Å². The van der Waals surface area contributed by atoms with Crippen LogP contribution in [0.15, 0.2) is 30.9 Å². The molecule has 0 unspecified atom stereocenters. The van der Waals surface area contributed by atoms with Gasteiger partial charge >= 0.3 is 0 Å². The lowest BCUT2D eigenvalue weighted by molar-refractivity contribution is -0.0137. The van der Waals surface area contributed by atoms with E-state index >= 15 is 0 Å². The SMILES string of the molecule is CCn1cc([C@H]2OCCC[C@@H]2N[C@@H](C)CCn2cccn2)cn1. The first kappa shape index (κ1) is 16.2. The molecule has 6 heteroatoms. The number of ether oxygens (including phenoxy) is 1. The van der Waals surface area contributed by atoms with Gasteiger partial charge in [0, 0.05) is 55.9 Å². The molecule has 1 saturated heterocycles. The van der Waals surface area contributed by atoms with Crippen LogP contribution in [-0.4, -0.2) is 38.3 Å². The molecule has 23 heavy (non-hydrogen) atoms. The van der Waals surface area contributed by atoms with Crippen molar-refractivity contribution in [3.63, 3.8) is 0 Å². The molecule has 0 spiro atoms. The Bertz CT molecular complexity index is 580. The van der Waals surface area contributed by atoms with Crippen LogP contribution in [0, 0.1) is 0 Å². The van der Waals surface area contributed by atoms with Gasteiger partial charge in [-0.2, -0.15) is 10.2 Å². The van der Waals surface area contributed by atoms with Gasteiger partial charge in [-0.1, -0.05) is 0 Å². The van der Waals surface area contributed by atoms with Crippen molar-refractivity contribution in [3.8, 4) is 0 Å². The molecule has 3 atom stereocenters. The van der Waals surface area contributed by atoms with E-state index in [2.05, 4.69) is 35.6 Å². The van der Waals surface area contributed by atoms with Crippen LogP contribution >= 0.6 is 0 Å². The molecular weight excluding hydrogens is 290 g/mol. The van der Waals surface area contributed by atoms with Crippen LogP contribution in [0.1, 0.15) is 44.8 Å². The lowest BCUT2D eigenvalue weighted by Gasteiger charge is -2.34. The Labute approximate surface area is 137 Å². The summed E-state index contributed by atoms with van der Waals surface area (Å²) in [6, 6.07) is 2.74. The van der Waals surface area contributed by atoms with Crippen LogP contribution in [0.5, 0.6) is 0 Å². The van der Waals surface area contributed by atoms with Gasteiger partial charge in [0.25, 0.3) is 0 Å². The second kappa shape index (κ2) is 7.75. The standard InChI is InChI=1S/C17H27N5O/c1-3-21-13-15(12-19-21)17-16(6-4-11-23-17)20-14(2)7-10-22-9-5-8-18-22/h5,8-9,12-14,16-17,20H,3-4,6-7,10-11H2,1-2H3/t14-,16-,17+/m0/s1. The maximum Gasteiger partial charge on any atom is 0.101 e. The molecule has 0 radical (unpaired) electrons. The van der Waals surface area contributed by atoms with Crippen molar-refractivity contribution in [3.05, 3.63) is 36.4 Å². The number of aryl methyl sites for hydroxylation is 2. The molecule has 1 fully saturated rings. The Morgan fingerprint density at radius 1 is 1.39 bits per heavy atom. The summed E-state index contributed by atoms with van der Waals surface area (Å²) in [6.07, 6.45) is 11.3. The number of nitrogens with zero attached hydrogens (tertiary/aromatic N) is 4. The molecule has 1 aliphatic rings. The van der Waals surface area contributed by atoms with Gasteiger partial charge in [-0.25, -0.2) is 0 Å². The minimum Gasteiger partial charge on any atom is -0.372 e.